The smallest absolute Gasteiger partial charge is 0.335 e. The highest BCUT2D eigenvalue weighted by Gasteiger charge is 2.40. The van der Waals surface area contributed by atoms with E-state index in [4.69, 9.17) is 33.1 Å². The lowest BCUT2D eigenvalue weighted by Gasteiger charge is -2.33. The molecule has 0 saturated carbocycles. The van der Waals surface area contributed by atoms with Gasteiger partial charge in [0.05, 0.1) is 24.1 Å². The van der Waals surface area contributed by atoms with Gasteiger partial charge in [-0.05, 0) is 47.0 Å². The number of carbonyl (C=O) groups is 3. The number of benzene rings is 3. The van der Waals surface area contributed by atoms with Gasteiger partial charge in [-0.15, -0.1) is 0 Å². The Bertz CT molecular complexity index is 1250. The summed E-state index contributed by atoms with van der Waals surface area (Å²) in [5.74, 6) is -2.70. The highest BCUT2D eigenvalue weighted by Crippen LogP contribution is 2.40. The minimum atomic E-state index is -1.06. The highest BCUT2D eigenvalue weighted by molar-refractivity contribution is 6.35. The predicted octanol–water partition coefficient (Wildman–Crippen LogP) is 4.51. The third kappa shape index (κ3) is 4.85. The van der Waals surface area contributed by atoms with E-state index in [9.17, 15) is 14.4 Å². The Morgan fingerprint density at radius 3 is 2.55 bits per heavy atom. The summed E-state index contributed by atoms with van der Waals surface area (Å²) in [5, 5.41) is 12.7. The molecular formula is C24H18Cl2N2O5. The van der Waals surface area contributed by atoms with Gasteiger partial charge < -0.3 is 10.4 Å². The Labute approximate surface area is 199 Å². The van der Waals surface area contributed by atoms with Crippen molar-refractivity contribution in [3.8, 4) is 0 Å². The molecule has 3 aromatic carbocycles. The number of hydrogen-bond acceptors (Lipinski definition) is 4. The van der Waals surface area contributed by atoms with Crippen LogP contribution >= 0.6 is 23.2 Å². The standard InChI is InChI=1S/C24H18Cl2N2O5/c25-15-8-9-18(19(26)11-15)21-20(16-6-1-2-7-17(16)22(29)27-21)23(30)28-33-12-13-4-3-5-14(10-13)24(31)32/h1-11,20-21H,12H2,(H,27,29)(H,28,30)(H,31,32)/t20-,21+/m1/s1. The number of amides is 2. The first-order chi connectivity index (χ1) is 15.8. The minimum absolute atomic E-state index is 0.0417. The molecular weight excluding hydrogens is 467 g/mol. The maximum atomic E-state index is 13.2. The number of nitrogens with one attached hydrogen (secondary N) is 2. The Morgan fingerprint density at radius 2 is 1.79 bits per heavy atom. The summed E-state index contributed by atoms with van der Waals surface area (Å²) >= 11 is 12.4. The molecule has 0 aromatic heterocycles. The van der Waals surface area contributed by atoms with Crippen molar-refractivity contribution < 1.29 is 24.3 Å². The molecule has 0 spiro atoms. The van der Waals surface area contributed by atoms with Crippen molar-refractivity contribution in [1.29, 1.82) is 0 Å². The fourth-order valence-corrected chi connectivity index (χ4v) is 4.33. The topological polar surface area (TPSA) is 105 Å². The second-order valence-corrected chi connectivity index (χ2v) is 8.29. The Balaban J connectivity index is 1.59. The maximum Gasteiger partial charge on any atom is 0.335 e. The number of hydrogen-bond donors (Lipinski definition) is 3. The van der Waals surface area contributed by atoms with Gasteiger partial charge in [-0.2, -0.15) is 0 Å². The lowest BCUT2D eigenvalue weighted by molar-refractivity contribution is -0.137. The van der Waals surface area contributed by atoms with Gasteiger partial charge in [-0.1, -0.05) is 59.6 Å². The molecule has 0 unspecified atom stereocenters. The summed E-state index contributed by atoms with van der Waals surface area (Å²) in [6.07, 6.45) is 0. The summed E-state index contributed by atoms with van der Waals surface area (Å²) in [6.45, 7) is -0.0417. The summed E-state index contributed by atoms with van der Waals surface area (Å²) in [6, 6.07) is 17.1. The Hall–Kier alpha value is -3.39. The number of aromatic carboxylic acids is 1. The minimum Gasteiger partial charge on any atom is -0.478 e. The predicted molar refractivity (Wildman–Crippen MR) is 122 cm³/mol. The summed E-state index contributed by atoms with van der Waals surface area (Å²) in [7, 11) is 0. The van der Waals surface area contributed by atoms with Gasteiger partial charge in [0.2, 0.25) is 0 Å². The van der Waals surface area contributed by atoms with Gasteiger partial charge in [-0.3, -0.25) is 14.4 Å². The van der Waals surface area contributed by atoms with Crippen LogP contribution in [-0.2, 0) is 16.2 Å². The van der Waals surface area contributed by atoms with E-state index in [1.807, 2.05) is 0 Å². The van der Waals surface area contributed by atoms with E-state index in [0.29, 0.717) is 32.3 Å². The van der Waals surface area contributed by atoms with Crippen LogP contribution in [0.5, 0.6) is 0 Å². The zero-order valence-corrected chi connectivity index (χ0v) is 18.6. The Kier molecular flexibility index (Phi) is 6.65. The van der Waals surface area contributed by atoms with E-state index < -0.39 is 23.8 Å². The fraction of sp³-hybridized carbons (Fsp3) is 0.125. The van der Waals surface area contributed by atoms with E-state index in [-0.39, 0.29) is 18.1 Å². The molecule has 9 heteroatoms. The van der Waals surface area contributed by atoms with Gasteiger partial charge >= 0.3 is 5.97 Å². The third-order valence-corrected chi connectivity index (χ3v) is 5.89. The van der Waals surface area contributed by atoms with Crippen LogP contribution in [0.1, 0.15) is 49.4 Å². The number of fused-ring (bicyclic) bond motifs is 1. The quantitative estimate of drug-likeness (QED) is 0.446. The highest BCUT2D eigenvalue weighted by atomic mass is 35.5. The zero-order valence-electron chi connectivity index (χ0n) is 17.0. The second-order valence-electron chi connectivity index (χ2n) is 7.44. The van der Waals surface area contributed by atoms with Crippen LogP contribution in [0.3, 0.4) is 0 Å². The van der Waals surface area contributed by atoms with Crippen LogP contribution in [-0.4, -0.2) is 22.9 Å². The van der Waals surface area contributed by atoms with Crippen molar-refractivity contribution in [2.75, 3.05) is 0 Å². The first-order valence-corrected chi connectivity index (χ1v) is 10.7. The average Bonchev–Trinajstić information content (AvgIpc) is 2.79. The lowest BCUT2D eigenvalue weighted by Crippen LogP contribution is -2.44. The molecule has 0 saturated heterocycles. The molecule has 0 fully saturated rings. The Morgan fingerprint density at radius 1 is 1.00 bits per heavy atom. The first kappa shape index (κ1) is 22.8. The van der Waals surface area contributed by atoms with E-state index >= 15 is 0 Å². The van der Waals surface area contributed by atoms with E-state index in [0.717, 1.165) is 0 Å². The molecule has 1 aliphatic heterocycles. The van der Waals surface area contributed by atoms with Crippen molar-refractivity contribution in [2.24, 2.45) is 0 Å². The number of carbonyl (C=O) groups excluding carboxylic acids is 2. The van der Waals surface area contributed by atoms with Crippen LogP contribution in [0, 0.1) is 0 Å². The molecule has 168 valence electrons. The van der Waals surface area contributed by atoms with Gasteiger partial charge in [-0.25, -0.2) is 10.3 Å². The summed E-state index contributed by atoms with van der Waals surface area (Å²) < 4.78 is 0. The average molecular weight is 485 g/mol. The SMILES string of the molecule is O=C(O)c1cccc(CONC(=O)[C@@H]2c3ccccc3C(=O)N[C@H]2c2ccc(Cl)cc2Cl)c1. The molecule has 2 amide bonds. The van der Waals surface area contributed by atoms with Crippen molar-refractivity contribution in [3.63, 3.8) is 0 Å². The number of rotatable bonds is 6. The summed E-state index contributed by atoms with van der Waals surface area (Å²) in [4.78, 5) is 42.5. The van der Waals surface area contributed by atoms with Crippen molar-refractivity contribution in [3.05, 3.63) is 105 Å². The molecule has 3 N–H and O–H groups in total. The molecule has 2 atom stereocenters. The second kappa shape index (κ2) is 9.62. The number of halogens is 2. The van der Waals surface area contributed by atoms with Crippen LogP contribution in [0.2, 0.25) is 10.0 Å². The number of hydroxylamine groups is 1. The van der Waals surface area contributed by atoms with Crippen LogP contribution in [0.25, 0.3) is 0 Å². The zero-order chi connectivity index (χ0) is 23.5. The van der Waals surface area contributed by atoms with Crippen LogP contribution in [0.15, 0.2) is 66.7 Å². The van der Waals surface area contributed by atoms with Crippen molar-refractivity contribution in [2.45, 2.75) is 18.6 Å². The normalized spacial score (nSPS) is 17.1. The van der Waals surface area contributed by atoms with Crippen molar-refractivity contribution in [1.82, 2.24) is 10.8 Å². The van der Waals surface area contributed by atoms with E-state index in [2.05, 4.69) is 10.8 Å². The molecule has 33 heavy (non-hydrogen) atoms. The van der Waals surface area contributed by atoms with Gasteiger partial charge in [0.1, 0.15) is 0 Å². The van der Waals surface area contributed by atoms with E-state index in [1.54, 1.807) is 54.6 Å². The molecule has 3 aromatic rings. The van der Waals surface area contributed by atoms with E-state index in [1.165, 1.54) is 12.1 Å². The van der Waals surface area contributed by atoms with Crippen LogP contribution in [0.4, 0.5) is 0 Å². The molecule has 0 radical (unpaired) electrons. The summed E-state index contributed by atoms with van der Waals surface area (Å²) in [5.41, 5.74) is 4.57. The molecule has 0 bridgehead atoms. The largest absolute Gasteiger partial charge is 0.478 e. The maximum absolute atomic E-state index is 13.2. The first-order valence-electron chi connectivity index (χ1n) is 9.94. The molecule has 0 aliphatic carbocycles. The fourth-order valence-electron chi connectivity index (χ4n) is 3.81. The van der Waals surface area contributed by atoms with Gasteiger partial charge in [0, 0.05) is 15.6 Å². The molecule has 1 aliphatic rings. The lowest BCUT2D eigenvalue weighted by atomic mass is 9.80. The van der Waals surface area contributed by atoms with Gasteiger partial charge in [0.15, 0.2) is 0 Å². The number of carboxylic acid groups (broad SMARTS) is 1. The van der Waals surface area contributed by atoms with Crippen LogP contribution < -0.4 is 10.8 Å². The molecule has 1 heterocycles. The third-order valence-electron chi connectivity index (χ3n) is 5.33. The van der Waals surface area contributed by atoms with Gasteiger partial charge in [0.25, 0.3) is 11.8 Å². The van der Waals surface area contributed by atoms with Crippen molar-refractivity contribution >= 4 is 41.0 Å². The molecule has 4 rings (SSSR count). The molecule has 7 nitrogen and oxygen atoms in total. The number of carboxylic acids is 1. The monoisotopic (exact) mass is 484 g/mol.